The van der Waals surface area contributed by atoms with Gasteiger partial charge >= 0.3 is 6.18 Å². The summed E-state index contributed by atoms with van der Waals surface area (Å²) in [6, 6.07) is 12.3. The van der Waals surface area contributed by atoms with Crippen LogP contribution in [-0.4, -0.2) is 38.6 Å². The van der Waals surface area contributed by atoms with E-state index in [1.807, 2.05) is 43.3 Å². The maximum atomic E-state index is 12.8. The third-order valence-corrected chi connectivity index (χ3v) is 4.21. The second-order valence-corrected chi connectivity index (χ2v) is 6.44. The molecular formula is C20H23F3N2O2. The summed E-state index contributed by atoms with van der Waals surface area (Å²) in [6.07, 6.45) is -4.53. The molecule has 7 heteroatoms. The molecule has 146 valence electrons. The lowest BCUT2D eigenvalue weighted by Crippen LogP contribution is -2.35. The van der Waals surface area contributed by atoms with Gasteiger partial charge in [0, 0.05) is 6.54 Å². The number of carbonyl (C=O) groups is 1. The zero-order valence-electron chi connectivity index (χ0n) is 15.5. The Balaban J connectivity index is 2.02. The summed E-state index contributed by atoms with van der Waals surface area (Å²) in [5.41, 5.74) is 0.541. The van der Waals surface area contributed by atoms with E-state index in [2.05, 4.69) is 5.32 Å². The van der Waals surface area contributed by atoms with Crippen LogP contribution in [0.25, 0.3) is 0 Å². The fourth-order valence-electron chi connectivity index (χ4n) is 2.76. The first kappa shape index (κ1) is 20.8. The predicted molar refractivity (Wildman–Crippen MR) is 97.6 cm³/mol. The number of nitrogens with one attached hydrogen (secondary N) is 1. The summed E-state index contributed by atoms with van der Waals surface area (Å²) >= 11 is 0. The minimum absolute atomic E-state index is 0.0921. The van der Waals surface area contributed by atoms with Crippen LogP contribution in [-0.2, 0) is 17.4 Å². The summed E-state index contributed by atoms with van der Waals surface area (Å²) < 4.78 is 43.6. The normalized spacial score (nSPS) is 12.7. The number of methoxy groups -OCH3 is 1. The molecule has 0 aliphatic carbocycles. The number of rotatable bonds is 7. The minimum atomic E-state index is -4.42. The van der Waals surface area contributed by atoms with Crippen LogP contribution in [0.4, 0.5) is 13.2 Å². The standard InChI is InChI=1S/C20H23F3N2O2/c1-25(2)18(15-7-5-9-17(12-15)27-3)13-24-19(26)11-14-6-4-8-16(10-14)20(21,22)23/h4-10,12,18H,11,13H2,1-3H3,(H,24,26)/t18-/m1/s1. The number of carbonyl (C=O) groups excluding carboxylic acids is 1. The molecule has 0 saturated carbocycles. The van der Waals surface area contributed by atoms with Gasteiger partial charge in [-0.05, 0) is 43.4 Å². The van der Waals surface area contributed by atoms with Crippen LogP contribution in [0, 0.1) is 0 Å². The number of amides is 1. The Bertz CT molecular complexity index is 776. The van der Waals surface area contributed by atoms with Crippen molar-refractivity contribution in [3.05, 3.63) is 65.2 Å². The number of nitrogens with zero attached hydrogens (tertiary/aromatic N) is 1. The van der Waals surface area contributed by atoms with E-state index in [1.165, 1.54) is 12.1 Å². The Morgan fingerprint density at radius 2 is 1.85 bits per heavy atom. The van der Waals surface area contributed by atoms with Crippen LogP contribution in [0.15, 0.2) is 48.5 Å². The molecule has 0 aromatic heterocycles. The first-order valence-electron chi connectivity index (χ1n) is 8.44. The molecular weight excluding hydrogens is 357 g/mol. The number of hydrogen-bond donors (Lipinski definition) is 1. The number of likely N-dealkylation sites (N-methyl/N-ethyl adjacent to an activating group) is 1. The summed E-state index contributed by atoms with van der Waals surface area (Å²) in [5, 5.41) is 2.80. The molecule has 0 saturated heterocycles. The first-order valence-corrected chi connectivity index (χ1v) is 8.44. The molecule has 1 N–H and O–H groups in total. The fraction of sp³-hybridized carbons (Fsp3) is 0.350. The van der Waals surface area contributed by atoms with Crippen molar-refractivity contribution in [3.63, 3.8) is 0 Å². The van der Waals surface area contributed by atoms with E-state index in [0.29, 0.717) is 12.1 Å². The van der Waals surface area contributed by atoms with Gasteiger partial charge in [-0.2, -0.15) is 13.2 Å². The largest absolute Gasteiger partial charge is 0.497 e. The molecule has 2 aromatic rings. The smallest absolute Gasteiger partial charge is 0.416 e. The number of benzene rings is 2. The molecule has 4 nitrogen and oxygen atoms in total. The zero-order valence-corrected chi connectivity index (χ0v) is 15.5. The third kappa shape index (κ3) is 5.99. The second-order valence-electron chi connectivity index (χ2n) is 6.44. The van der Waals surface area contributed by atoms with Crippen molar-refractivity contribution in [2.75, 3.05) is 27.7 Å². The summed E-state index contributed by atoms with van der Waals surface area (Å²) in [4.78, 5) is 14.2. The maximum Gasteiger partial charge on any atom is 0.416 e. The molecule has 0 radical (unpaired) electrons. The van der Waals surface area contributed by atoms with Gasteiger partial charge in [0.05, 0.1) is 25.1 Å². The monoisotopic (exact) mass is 380 g/mol. The molecule has 0 spiro atoms. The van der Waals surface area contributed by atoms with Crippen LogP contribution in [0.3, 0.4) is 0 Å². The highest BCUT2D eigenvalue weighted by atomic mass is 19.4. The van der Waals surface area contributed by atoms with Crippen molar-refractivity contribution in [1.29, 1.82) is 0 Å². The van der Waals surface area contributed by atoms with E-state index >= 15 is 0 Å². The van der Waals surface area contributed by atoms with E-state index in [4.69, 9.17) is 4.74 Å². The Labute approximate surface area is 156 Å². The van der Waals surface area contributed by atoms with Crippen LogP contribution in [0.2, 0.25) is 0 Å². The van der Waals surface area contributed by atoms with Gasteiger partial charge in [0.2, 0.25) is 5.91 Å². The highest BCUT2D eigenvalue weighted by Crippen LogP contribution is 2.29. The van der Waals surface area contributed by atoms with Gasteiger partial charge in [-0.25, -0.2) is 0 Å². The lowest BCUT2D eigenvalue weighted by atomic mass is 10.0. The van der Waals surface area contributed by atoms with E-state index in [0.717, 1.165) is 23.4 Å². The average molecular weight is 380 g/mol. The number of ether oxygens (including phenoxy) is 1. The van der Waals surface area contributed by atoms with E-state index in [1.54, 1.807) is 7.11 Å². The lowest BCUT2D eigenvalue weighted by Gasteiger charge is -2.25. The Hall–Kier alpha value is -2.54. The Kier molecular flexibility index (Phi) is 6.85. The quantitative estimate of drug-likeness (QED) is 0.797. The van der Waals surface area contributed by atoms with Crippen molar-refractivity contribution >= 4 is 5.91 Å². The number of alkyl halides is 3. The Morgan fingerprint density at radius 1 is 1.15 bits per heavy atom. The van der Waals surface area contributed by atoms with Gasteiger partial charge in [0.25, 0.3) is 0 Å². The van der Waals surface area contributed by atoms with E-state index in [-0.39, 0.29) is 18.4 Å². The Morgan fingerprint density at radius 3 is 2.48 bits per heavy atom. The average Bonchev–Trinajstić information content (AvgIpc) is 2.61. The summed E-state index contributed by atoms with van der Waals surface area (Å²) in [7, 11) is 5.37. The summed E-state index contributed by atoms with van der Waals surface area (Å²) in [5.74, 6) is 0.388. The SMILES string of the molecule is COc1cccc([C@@H](CNC(=O)Cc2cccc(C(F)(F)F)c2)N(C)C)c1. The molecule has 27 heavy (non-hydrogen) atoms. The predicted octanol–water partition coefficient (Wildman–Crippen LogP) is 3.68. The van der Waals surface area contributed by atoms with Crippen molar-refractivity contribution in [2.45, 2.75) is 18.6 Å². The maximum absolute atomic E-state index is 12.8. The molecule has 0 unspecified atom stereocenters. The molecule has 1 amide bonds. The topological polar surface area (TPSA) is 41.6 Å². The second kappa shape index (κ2) is 8.90. The van der Waals surface area contributed by atoms with Gasteiger partial charge in [-0.3, -0.25) is 4.79 Å². The molecule has 0 heterocycles. The highest BCUT2D eigenvalue weighted by molar-refractivity contribution is 5.78. The van der Waals surface area contributed by atoms with Crippen molar-refractivity contribution in [3.8, 4) is 5.75 Å². The molecule has 0 aliphatic rings. The van der Waals surface area contributed by atoms with E-state index in [9.17, 15) is 18.0 Å². The molecule has 0 bridgehead atoms. The first-order chi connectivity index (χ1) is 12.7. The number of hydrogen-bond acceptors (Lipinski definition) is 3. The summed E-state index contributed by atoms with van der Waals surface area (Å²) in [6.45, 7) is 0.331. The van der Waals surface area contributed by atoms with Gasteiger partial charge in [0.15, 0.2) is 0 Å². The van der Waals surface area contributed by atoms with Crippen LogP contribution < -0.4 is 10.1 Å². The van der Waals surface area contributed by atoms with Crippen LogP contribution >= 0.6 is 0 Å². The third-order valence-electron chi connectivity index (χ3n) is 4.21. The molecule has 2 aromatic carbocycles. The highest BCUT2D eigenvalue weighted by Gasteiger charge is 2.30. The minimum Gasteiger partial charge on any atom is -0.497 e. The lowest BCUT2D eigenvalue weighted by molar-refractivity contribution is -0.137. The van der Waals surface area contributed by atoms with Gasteiger partial charge < -0.3 is 15.0 Å². The zero-order chi connectivity index (χ0) is 20.0. The molecule has 2 rings (SSSR count). The van der Waals surface area contributed by atoms with Crippen molar-refractivity contribution in [1.82, 2.24) is 10.2 Å². The van der Waals surface area contributed by atoms with Crippen LogP contribution in [0.1, 0.15) is 22.7 Å². The van der Waals surface area contributed by atoms with Gasteiger partial charge in [0.1, 0.15) is 5.75 Å². The number of halogens is 3. The molecule has 0 fully saturated rings. The molecule has 1 atom stereocenters. The molecule has 0 aliphatic heterocycles. The van der Waals surface area contributed by atoms with E-state index < -0.39 is 11.7 Å². The van der Waals surface area contributed by atoms with Crippen LogP contribution in [0.5, 0.6) is 5.75 Å². The van der Waals surface area contributed by atoms with Crippen molar-refractivity contribution < 1.29 is 22.7 Å². The van der Waals surface area contributed by atoms with Crippen molar-refractivity contribution in [2.24, 2.45) is 0 Å². The van der Waals surface area contributed by atoms with Gasteiger partial charge in [-0.1, -0.05) is 30.3 Å². The fourth-order valence-corrected chi connectivity index (χ4v) is 2.76. The van der Waals surface area contributed by atoms with Gasteiger partial charge in [-0.15, -0.1) is 0 Å².